The summed E-state index contributed by atoms with van der Waals surface area (Å²) < 4.78 is 40.8. The van der Waals surface area contributed by atoms with Gasteiger partial charge < -0.3 is 10.1 Å². The lowest BCUT2D eigenvalue weighted by Crippen LogP contribution is -2.16. The maximum absolute atomic E-state index is 12.1. The summed E-state index contributed by atoms with van der Waals surface area (Å²) in [6.45, 7) is 0. The highest BCUT2D eigenvalue weighted by atomic mass is 32.2. The number of halogens is 3. The third-order valence-corrected chi connectivity index (χ3v) is 4.46. The number of ether oxygens (including phenoxy) is 1. The molecule has 0 fully saturated rings. The van der Waals surface area contributed by atoms with Gasteiger partial charge in [0.15, 0.2) is 4.34 Å². The minimum Gasteiger partial charge on any atom is -0.406 e. The van der Waals surface area contributed by atoms with Crippen LogP contribution in [0, 0.1) is 11.3 Å². The summed E-state index contributed by atoms with van der Waals surface area (Å²) >= 11 is 2.84. The molecule has 1 N–H and O–H groups in total. The zero-order chi connectivity index (χ0) is 16.7. The van der Waals surface area contributed by atoms with Crippen LogP contribution < -0.4 is 10.1 Å². The van der Waals surface area contributed by atoms with Crippen molar-refractivity contribution in [1.82, 2.24) is 10.2 Å². The van der Waals surface area contributed by atoms with E-state index in [2.05, 4.69) is 26.3 Å². The number of aromatic nitrogens is 2. The number of rotatable bonds is 7. The Balaban J connectivity index is 1.87. The molecule has 0 aliphatic rings. The lowest BCUT2D eigenvalue weighted by atomic mass is 10.3. The van der Waals surface area contributed by atoms with Crippen LogP contribution in [-0.2, 0) is 0 Å². The number of nitrogens with one attached hydrogen (secondary N) is 1. The second kappa shape index (κ2) is 8.03. The van der Waals surface area contributed by atoms with Crippen molar-refractivity contribution >= 4 is 33.9 Å². The van der Waals surface area contributed by atoms with Crippen LogP contribution in [0.1, 0.15) is 12.8 Å². The predicted molar refractivity (Wildman–Crippen MR) is 81.9 cm³/mol. The molecule has 0 saturated carbocycles. The second-order valence-electron chi connectivity index (χ2n) is 4.18. The molecular weight excluding hydrogens is 349 g/mol. The van der Waals surface area contributed by atoms with Crippen molar-refractivity contribution in [3.05, 3.63) is 24.3 Å². The molecule has 0 saturated heterocycles. The molecular formula is C13H11F3N4OS2. The van der Waals surface area contributed by atoms with Crippen molar-refractivity contribution in [2.75, 3.05) is 11.1 Å². The zero-order valence-electron chi connectivity index (χ0n) is 11.6. The van der Waals surface area contributed by atoms with E-state index in [-0.39, 0.29) is 5.75 Å². The highest BCUT2D eigenvalue weighted by Crippen LogP contribution is 2.29. The minimum atomic E-state index is -4.70. The number of hydrogen-bond acceptors (Lipinski definition) is 7. The van der Waals surface area contributed by atoms with E-state index in [1.165, 1.54) is 47.4 Å². The molecule has 122 valence electrons. The maximum atomic E-state index is 12.1. The maximum Gasteiger partial charge on any atom is 0.573 e. The van der Waals surface area contributed by atoms with Gasteiger partial charge in [0.25, 0.3) is 0 Å². The van der Waals surface area contributed by atoms with E-state index in [0.717, 1.165) is 16.5 Å². The molecule has 23 heavy (non-hydrogen) atoms. The SMILES string of the molecule is N#CCCCSc1nnc(Nc2ccc(OC(F)(F)F)cc2)s1. The Morgan fingerprint density at radius 3 is 2.65 bits per heavy atom. The van der Waals surface area contributed by atoms with E-state index in [4.69, 9.17) is 5.26 Å². The molecule has 5 nitrogen and oxygen atoms in total. The summed E-state index contributed by atoms with van der Waals surface area (Å²) in [5, 5.41) is 19.9. The number of unbranched alkanes of at least 4 members (excludes halogenated alkanes) is 1. The lowest BCUT2D eigenvalue weighted by molar-refractivity contribution is -0.274. The van der Waals surface area contributed by atoms with E-state index < -0.39 is 6.36 Å². The van der Waals surface area contributed by atoms with Crippen LogP contribution in [0.4, 0.5) is 24.0 Å². The van der Waals surface area contributed by atoms with Crippen LogP contribution in [0.3, 0.4) is 0 Å². The molecule has 1 aromatic heterocycles. The summed E-state index contributed by atoms with van der Waals surface area (Å²) in [7, 11) is 0. The Bertz CT molecular complexity index is 667. The molecule has 0 spiro atoms. The number of anilines is 2. The quantitative estimate of drug-likeness (QED) is 0.576. The largest absolute Gasteiger partial charge is 0.573 e. The van der Waals surface area contributed by atoms with Crippen LogP contribution in [-0.4, -0.2) is 22.3 Å². The third kappa shape index (κ3) is 6.33. The third-order valence-electron chi connectivity index (χ3n) is 2.40. The van der Waals surface area contributed by atoms with Gasteiger partial charge in [-0.3, -0.25) is 0 Å². The topological polar surface area (TPSA) is 70.8 Å². The summed E-state index contributed by atoms with van der Waals surface area (Å²) in [4.78, 5) is 0. The van der Waals surface area contributed by atoms with Crippen molar-refractivity contribution in [2.24, 2.45) is 0 Å². The normalized spacial score (nSPS) is 11.0. The first-order chi connectivity index (χ1) is 11.0. The fourth-order valence-corrected chi connectivity index (χ4v) is 3.27. The minimum absolute atomic E-state index is 0.283. The standard InChI is InChI=1S/C13H11F3N4OS2/c14-13(15,16)21-10-5-3-9(4-6-10)18-11-19-20-12(23-11)22-8-2-1-7-17/h3-6H,1-2,8H2,(H,18,19). The van der Waals surface area contributed by atoms with Crippen molar-refractivity contribution in [2.45, 2.75) is 23.5 Å². The average molecular weight is 360 g/mol. The van der Waals surface area contributed by atoms with Gasteiger partial charge in [-0.25, -0.2) is 0 Å². The molecule has 2 rings (SSSR count). The number of hydrogen-bond donors (Lipinski definition) is 1. The zero-order valence-corrected chi connectivity index (χ0v) is 13.3. The summed E-state index contributed by atoms with van der Waals surface area (Å²) in [5.74, 6) is 0.500. The summed E-state index contributed by atoms with van der Waals surface area (Å²) in [6, 6.07) is 7.43. The number of nitrogens with zero attached hydrogens (tertiary/aromatic N) is 3. The first-order valence-electron chi connectivity index (χ1n) is 6.42. The molecule has 0 unspecified atom stereocenters. The average Bonchev–Trinajstić information content (AvgIpc) is 2.92. The van der Waals surface area contributed by atoms with Crippen molar-refractivity contribution in [1.29, 1.82) is 5.26 Å². The Morgan fingerprint density at radius 1 is 1.26 bits per heavy atom. The van der Waals surface area contributed by atoms with Crippen LogP contribution in [0.2, 0.25) is 0 Å². The smallest absolute Gasteiger partial charge is 0.406 e. The van der Waals surface area contributed by atoms with Crippen molar-refractivity contribution in [3.8, 4) is 11.8 Å². The van der Waals surface area contributed by atoms with Crippen LogP contribution in [0.15, 0.2) is 28.6 Å². The molecule has 0 aliphatic carbocycles. The van der Waals surface area contributed by atoms with Gasteiger partial charge in [-0.2, -0.15) is 5.26 Å². The van der Waals surface area contributed by atoms with Gasteiger partial charge in [-0.05, 0) is 30.7 Å². The molecule has 0 atom stereocenters. The number of alkyl halides is 3. The Morgan fingerprint density at radius 2 is 2.00 bits per heavy atom. The van der Waals surface area contributed by atoms with Gasteiger partial charge in [-0.15, -0.1) is 23.4 Å². The van der Waals surface area contributed by atoms with Crippen LogP contribution in [0.5, 0.6) is 5.75 Å². The van der Waals surface area contributed by atoms with Gasteiger partial charge in [0.1, 0.15) is 5.75 Å². The Hall–Kier alpha value is -1.99. The summed E-state index contributed by atoms with van der Waals surface area (Å²) in [5.41, 5.74) is 0.580. The van der Waals surface area contributed by atoms with Crippen LogP contribution in [0.25, 0.3) is 0 Å². The van der Waals surface area contributed by atoms with E-state index >= 15 is 0 Å². The monoisotopic (exact) mass is 360 g/mol. The van der Waals surface area contributed by atoms with E-state index in [1.54, 1.807) is 0 Å². The molecule has 1 heterocycles. The fraction of sp³-hybridized carbons (Fsp3) is 0.308. The molecule has 0 bridgehead atoms. The van der Waals surface area contributed by atoms with E-state index in [1.807, 2.05) is 0 Å². The molecule has 2 aromatic rings. The highest BCUT2D eigenvalue weighted by molar-refractivity contribution is 8.01. The Labute approximate surface area is 138 Å². The van der Waals surface area contributed by atoms with Gasteiger partial charge in [0, 0.05) is 17.9 Å². The molecule has 0 amide bonds. The van der Waals surface area contributed by atoms with Crippen molar-refractivity contribution < 1.29 is 17.9 Å². The number of benzene rings is 1. The van der Waals surface area contributed by atoms with E-state index in [0.29, 0.717) is 17.2 Å². The highest BCUT2D eigenvalue weighted by Gasteiger charge is 2.30. The Kier molecular flexibility index (Phi) is 6.06. The second-order valence-corrected chi connectivity index (χ2v) is 6.50. The molecule has 10 heteroatoms. The molecule has 0 radical (unpaired) electrons. The van der Waals surface area contributed by atoms with Crippen molar-refractivity contribution in [3.63, 3.8) is 0 Å². The fourth-order valence-electron chi connectivity index (χ4n) is 1.49. The van der Waals surface area contributed by atoms with Gasteiger partial charge in [0.2, 0.25) is 5.13 Å². The molecule has 1 aromatic carbocycles. The predicted octanol–water partition coefficient (Wildman–Crippen LogP) is 4.58. The number of thioether (sulfide) groups is 1. The first-order valence-corrected chi connectivity index (χ1v) is 8.22. The first kappa shape index (κ1) is 17.4. The lowest BCUT2D eigenvalue weighted by Gasteiger charge is -2.09. The molecule has 0 aliphatic heterocycles. The van der Waals surface area contributed by atoms with Crippen LogP contribution >= 0.6 is 23.1 Å². The summed E-state index contributed by atoms with van der Waals surface area (Å²) in [6.07, 6.45) is -3.42. The van der Waals surface area contributed by atoms with Gasteiger partial charge in [0.05, 0.1) is 6.07 Å². The van der Waals surface area contributed by atoms with Gasteiger partial charge >= 0.3 is 6.36 Å². The van der Waals surface area contributed by atoms with E-state index in [9.17, 15) is 13.2 Å². The number of nitriles is 1. The van der Waals surface area contributed by atoms with Gasteiger partial charge in [-0.1, -0.05) is 23.1 Å².